The molecule has 3 heterocycles. The fourth-order valence-corrected chi connectivity index (χ4v) is 5.39. The number of aromatic nitrogens is 1. The predicted molar refractivity (Wildman–Crippen MR) is 141 cm³/mol. The van der Waals surface area contributed by atoms with Gasteiger partial charge in [-0.05, 0) is 82.1 Å². The monoisotopic (exact) mass is 495 g/mol. The summed E-state index contributed by atoms with van der Waals surface area (Å²) in [6, 6.07) is 11.4. The normalized spacial score (nSPS) is 19.6. The molecule has 0 spiro atoms. The third kappa shape index (κ3) is 6.84. The van der Waals surface area contributed by atoms with Crippen molar-refractivity contribution in [1.29, 1.82) is 0 Å². The lowest BCUT2D eigenvalue weighted by Gasteiger charge is -2.28. The molecule has 1 saturated heterocycles. The summed E-state index contributed by atoms with van der Waals surface area (Å²) in [6.45, 7) is 9.02. The second-order valence-corrected chi connectivity index (χ2v) is 10.3. The molecule has 2 aromatic rings. The van der Waals surface area contributed by atoms with Crippen LogP contribution in [0, 0.1) is 0 Å². The van der Waals surface area contributed by atoms with E-state index in [1.165, 1.54) is 12.0 Å². The van der Waals surface area contributed by atoms with Crippen LogP contribution in [0.25, 0.3) is 0 Å². The molecule has 1 aromatic heterocycles. The van der Waals surface area contributed by atoms with Gasteiger partial charge in [-0.2, -0.15) is 0 Å². The zero-order valence-corrected chi connectivity index (χ0v) is 21.9. The third-order valence-electron chi connectivity index (χ3n) is 7.11. The number of carbonyl (C=O) groups is 1. The van der Waals surface area contributed by atoms with Gasteiger partial charge in [-0.3, -0.25) is 9.69 Å². The van der Waals surface area contributed by atoms with Crippen LogP contribution in [-0.4, -0.2) is 59.4 Å². The lowest BCUT2D eigenvalue weighted by molar-refractivity contribution is -0.143. The van der Waals surface area contributed by atoms with E-state index in [9.17, 15) is 9.90 Å². The Labute approximate surface area is 215 Å². The molecule has 196 valence electrons. The van der Waals surface area contributed by atoms with Crippen molar-refractivity contribution in [3.63, 3.8) is 0 Å². The summed E-state index contributed by atoms with van der Waals surface area (Å²) < 4.78 is 12.1. The van der Waals surface area contributed by atoms with E-state index in [0.717, 1.165) is 61.3 Å². The number of hydrogen-bond donors (Lipinski definition) is 2. The first-order chi connectivity index (χ1) is 17.4. The van der Waals surface area contributed by atoms with Crippen LogP contribution in [0.4, 0.5) is 5.82 Å². The first-order valence-electron chi connectivity index (χ1n) is 13.5. The SMILES string of the molecule is CC(C)O[C@H](C)c1ccccc1[C@H](C(=O)O)N1CC[C@@H](OCCCCc2ccc3c(n2)NCCC3)C1. The van der Waals surface area contributed by atoms with Gasteiger partial charge in [0, 0.05) is 31.9 Å². The average molecular weight is 496 g/mol. The molecule has 0 saturated carbocycles. The van der Waals surface area contributed by atoms with Gasteiger partial charge in [-0.1, -0.05) is 30.3 Å². The van der Waals surface area contributed by atoms with Crippen LogP contribution < -0.4 is 5.32 Å². The topological polar surface area (TPSA) is 83.9 Å². The lowest BCUT2D eigenvalue weighted by Crippen LogP contribution is -2.34. The molecule has 0 aliphatic carbocycles. The van der Waals surface area contributed by atoms with Crippen molar-refractivity contribution in [3.8, 4) is 0 Å². The van der Waals surface area contributed by atoms with E-state index in [1.807, 2.05) is 49.9 Å². The number of carboxylic acids is 1. The van der Waals surface area contributed by atoms with E-state index in [4.69, 9.17) is 14.5 Å². The number of benzene rings is 1. The molecular weight excluding hydrogens is 454 g/mol. The highest BCUT2D eigenvalue weighted by Crippen LogP contribution is 2.33. The second-order valence-electron chi connectivity index (χ2n) is 10.3. The molecule has 7 heteroatoms. The van der Waals surface area contributed by atoms with E-state index in [0.29, 0.717) is 19.7 Å². The van der Waals surface area contributed by atoms with Gasteiger partial charge in [0.15, 0.2) is 0 Å². The predicted octanol–water partition coefficient (Wildman–Crippen LogP) is 5.17. The third-order valence-corrected chi connectivity index (χ3v) is 7.11. The fraction of sp³-hybridized carbons (Fsp3) is 0.586. The Morgan fingerprint density at radius 1 is 1.17 bits per heavy atom. The van der Waals surface area contributed by atoms with Crippen molar-refractivity contribution in [3.05, 3.63) is 58.8 Å². The Hall–Kier alpha value is -2.48. The minimum atomic E-state index is -0.827. The zero-order valence-electron chi connectivity index (χ0n) is 21.9. The van der Waals surface area contributed by atoms with Crippen LogP contribution in [0.15, 0.2) is 36.4 Å². The summed E-state index contributed by atoms with van der Waals surface area (Å²) >= 11 is 0. The summed E-state index contributed by atoms with van der Waals surface area (Å²) in [7, 11) is 0. The molecule has 4 rings (SSSR count). The highest BCUT2D eigenvalue weighted by molar-refractivity contribution is 5.76. The number of carboxylic acid groups (broad SMARTS) is 1. The van der Waals surface area contributed by atoms with Crippen molar-refractivity contribution in [1.82, 2.24) is 9.88 Å². The molecule has 0 radical (unpaired) electrons. The first kappa shape index (κ1) is 26.6. The van der Waals surface area contributed by atoms with Crippen molar-refractivity contribution in [2.24, 2.45) is 0 Å². The molecule has 2 aliphatic heterocycles. The average Bonchev–Trinajstić information content (AvgIpc) is 3.31. The minimum Gasteiger partial charge on any atom is -0.480 e. The molecule has 7 nitrogen and oxygen atoms in total. The maximum Gasteiger partial charge on any atom is 0.325 e. The van der Waals surface area contributed by atoms with Crippen LogP contribution in [0.5, 0.6) is 0 Å². The number of hydrogen-bond acceptors (Lipinski definition) is 6. The van der Waals surface area contributed by atoms with Crippen molar-refractivity contribution in [2.75, 3.05) is 31.6 Å². The maximum absolute atomic E-state index is 12.4. The van der Waals surface area contributed by atoms with Crippen LogP contribution in [0.3, 0.4) is 0 Å². The number of pyridine rings is 1. The zero-order chi connectivity index (χ0) is 25.5. The molecule has 3 atom stereocenters. The maximum atomic E-state index is 12.4. The number of aryl methyl sites for hydroxylation is 2. The van der Waals surface area contributed by atoms with Crippen LogP contribution in [0.1, 0.15) is 81.0 Å². The smallest absolute Gasteiger partial charge is 0.325 e. The molecule has 36 heavy (non-hydrogen) atoms. The van der Waals surface area contributed by atoms with E-state index in [2.05, 4.69) is 17.4 Å². The molecule has 1 aromatic carbocycles. The van der Waals surface area contributed by atoms with Crippen molar-refractivity contribution in [2.45, 2.75) is 83.6 Å². The number of aliphatic carboxylic acids is 1. The summed E-state index contributed by atoms with van der Waals surface area (Å²) in [4.78, 5) is 19.2. The summed E-state index contributed by atoms with van der Waals surface area (Å²) in [5.41, 5.74) is 4.21. The standard InChI is InChI=1S/C29H41N3O4/c1-20(2)36-21(3)25-11-4-5-12-26(25)27(29(33)34)32-17-15-24(19-32)35-18-7-6-10-23-14-13-22-9-8-16-30-28(22)31-23/h4-5,11-14,20-21,24,27H,6-10,15-19H2,1-3H3,(H,30,31)(H,33,34)/t21-,24-,27-/m1/s1. The summed E-state index contributed by atoms with van der Waals surface area (Å²) in [5.74, 6) is 0.229. The second kappa shape index (κ2) is 12.7. The molecule has 0 bridgehead atoms. The van der Waals surface area contributed by atoms with Gasteiger partial charge >= 0.3 is 5.97 Å². The molecule has 1 fully saturated rings. The van der Waals surface area contributed by atoms with Crippen molar-refractivity contribution < 1.29 is 19.4 Å². The molecular formula is C29H41N3O4. The van der Waals surface area contributed by atoms with Gasteiger partial charge in [0.05, 0.1) is 18.3 Å². The molecule has 2 N–H and O–H groups in total. The van der Waals surface area contributed by atoms with E-state index >= 15 is 0 Å². The van der Waals surface area contributed by atoms with Gasteiger partial charge in [-0.25, -0.2) is 4.98 Å². The number of likely N-dealkylation sites (tertiary alicyclic amines) is 1. The highest BCUT2D eigenvalue weighted by atomic mass is 16.5. The Balaban J connectivity index is 1.26. The Morgan fingerprint density at radius 2 is 1.97 bits per heavy atom. The number of unbranched alkanes of at least 4 members (excludes halogenated alkanes) is 1. The van der Waals surface area contributed by atoms with Gasteiger partial charge < -0.3 is 19.9 Å². The van der Waals surface area contributed by atoms with E-state index in [-0.39, 0.29) is 18.3 Å². The van der Waals surface area contributed by atoms with Gasteiger partial charge in [0.25, 0.3) is 0 Å². The van der Waals surface area contributed by atoms with Crippen LogP contribution >= 0.6 is 0 Å². The molecule has 0 unspecified atom stereocenters. The number of anilines is 1. The van der Waals surface area contributed by atoms with Gasteiger partial charge in [0.2, 0.25) is 0 Å². The quantitative estimate of drug-likeness (QED) is 0.393. The van der Waals surface area contributed by atoms with Crippen molar-refractivity contribution >= 4 is 11.8 Å². The molecule has 2 aliphatic rings. The number of nitrogens with one attached hydrogen (secondary N) is 1. The van der Waals surface area contributed by atoms with Gasteiger partial charge in [0.1, 0.15) is 11.9 Å². The summed E-state index contributed by atoms with van der Waals surface area (Å²) in [5, 5.41) is 13.6. The largest absolute Gasteiger partial charge is 0.480 e. The van der Waals surface area contributed by atoms with Crippen LogP contribution in [0.2, 0.25) is 0 Å². The Bertz CT molecular complexity index is 1010. The summed E-state index contributed by atoms with van der Waals surface area (Å²) in [6.07, 6.45) is 6.05. The fourth-order valence-electron chi connectivity index (χ4n) is 5.39. The molecule has 0 amide bonds. The number of rotatable bonds is 12. The first-order valence-corrected chi connectivity index (χ1v) is 13.5. The Morgan fingerprint density at radius 3 is 2.75 bits per heavy atom. The lowest BCUT2D eigenvalue weighted by atomic mass is 9.96. The minimum absolute atomic E-state index is 0.0643. The number of ether oxygens (including phenoxy) is 2. The van der Waals surface area contributed by atoms with E-state index in [1.54, 1.807) is 0 Å². The van der Waals surface area contributed by atoms with Crippen LogP contribution in [-0.2, 0) is 27.1 Å². The number of nitrogens with zero attached hydrogens (tertiary/aromatic N) is 2. The van der Waals surface area contributed by atoms with Gasteiger partial charge in [-0.15, -0.1) is 0 Å². The number of fused-ring (bicyclic) bond motifs is 1. The van der Waals surface area contributed by atoms with E-state index < -0.39 is 12.0 Å². The Kier molecular flexibility index (Phi) is 9.35. The highest BCUT2D eigenvalue weighted by Gasteiger charge is 2.35.